The molecule has 0 saturated carbocycles. The third-order valence-corrected chi connectivity index (χ3v) is 2.56. The Bertz CT molecular complexity index is 302. The molecule has 0 aliphatic heterocycles. The molecule has 12 heavy (non-hydrogen) atoms. The van der Waals surface area contributed by atoms with Crippen molar-refractivity contribution >= 4 is 11.5 Å². The van der Waals surface area contributed by atoms with Crippen molar-refractivity contribution in [1.29, 1.82) is 5.26 Å². The van der Waals surface area contributed by atoms with E-state index in [1.807, 2.05) is 19.1 Å². The maximum Gasteiger partial charge on any atom is 0.105 e. The number of nitrogens with zero attached hydrogens (tertiary/aromatic N) is 2. The van der Waals surface area contributed by atoms with E-state index in [1.165, 1.54) is 11.5 Å². The maximum absolute atomic E-state index is 9.55. The second-order valence-electron chi connectivity index (χ2n) is 2.73. The molecule has 0 amide bonds. The molecule has 1 aromatic heterocycles. The van der Waals surface area contributed by atoms with Crippen LogP contribution in [0.25, 0.3) is 0 Å². The molecule has 64 valence electrons. The molecule has 0 aliphatic carbocycles. The zero-order valence-corrected chi connectivity index (χ0v) is 7.80. The van der Waals surface area contributed by atoms with Gasteiger partial charge in [0.15, 0.2) is 0 Å². The van der Waals surface area contributed by atoms with Gasteiger partial charge in [0, 0.05) is 0 Å². The topological polar surface area (TPSA) is 56.9 Å². The van der Waals surface area contributed by atoms with Crippen LogP contribution in [-0.4, -0.2) is 9.48 Å². The number of aromatic nitrogens is 1. The lowest BCUT2D eigenvalue weighted by Gasteiger charge is -2.08. The molecule has 1 heterocycles. The number of aryl methyl sites for hydroxylation is 1. The van der Waals surface area contributed by atoms with E-state index in [0.717, 1.165) is 10.6 Å². The second kappa shape index (κ2) is 3.65. The Labute approximate surface area is 75.4 Å². The highest BCUT2D eigenvalue weighted by atomic mass is 32.1. The number of aliphatic hydroxyl groups is 1. The molecule has 3 nitrogen and oxygen atoms in total. The zero-order chi connectivity index (χ0) is 9.14. The fourth-order valence-corrected chi connectivity index (χ4v) is 1.68. The van der Waals surface area contributed by atoms with Crippen molar-refractivity contribution in [3.63, 3.8) is 0 Å². The minimum Gasteiger partial charge on any atom is -0.386 e. The number of rotatable bonds is 2. The van der Waals surface area contributed by atoms with E-state index in [2.05, 4.69) is 4.37 Å². The van der Waals surface area contributed by atoms with Gasteiger partial charge in [0.1, 0.15) is 6.10 Å². The molecule has 0 fully saturated rings. The van der Waals surface area contributed by atoms with Gasteiger partial charge in [-0.2, -0.15) is 9.64 Å². The van der Waals surface area contributed by atoms with E-state index in [0.29, 0.717) is 0 Å². The van der Waals surface area contributed by atoms with Gasteiger partial charge in [0.05, 0.1) is 22.6 Å². The fourth-order valence-electron chi connectivity index (χ4n) is 0.840. The van der Waals surface area contributed by atoms with Crippen LogP contribution in [0.5, 0.6) is 0 Å². The first-order valence-electron chi connectivity index (χ1n) is 3.66. The average Bonchev–Trinajstić information content (AvgIpc) is 2.49. The summed E-state index contributed by atoms with van der Waals surface area (Å²) in [5.41, 5.74) is 0.888. The van der Waals surface area contributed by atoms with Gasteiger partial charge in [-0.15, -0.1) is 0 Å². The van der Waals surface area contributed by atoms with Crippen LogP contribution in [0, 0.1) is 24.2 Å². The Morgan fingerprint density at radius 2 is 2.42 bits per heavy atom. The molecule has 0 aromatic carbocycles. The van der Waals surface area contributed by atoms with Crippen molar-refractivity contribution in [2.24, 2.45) is 5.92 Å². The third kappa shape index (κ3) is 1.81. The summed E-state index contributed by atoms with van der Waals surface area (Å²) in [6.07, 6.45) is -0.693. The predicted molar refractivity (Wildman–Crippen MR) is 46.6 cm³/mol. The summed E-state index contributed by atoms with van der Waals surface area (Å²) >= 11 is 1.25. The van der Waals surface area contributed by atoms with Gasteiger partial charge in [-0.3, -0.25) is 0 Å². The van der Waals surface area contributed by atoms with E-state index in [1.54, 1.807) is 6.92 Å². The summed E-state index contributed by atoms with van der Waals surface area (Å²) in [5, 5.41) is 18.1. The van der Waals surface area contributed by atoms with Crippen LogP contribution >= 0.6 is 11.5 Å². The van der Waals surface area contributed by atoms with Gasteiger partial charge in [-0.1, -0.05) is 0 Å². The van der Waals surface area contributed by atoms with Crippen molar-refractivity contribution < 1.29 is 5.11 Å². The van der Waals surface area contributed by atoms with Gasteiger partial charge in [0.25, 0.3) is 0 Å². The summed E-state index contributed by atoms with van der Waals surface area (Å²) in [4.78, 5) is 0.765. The quantitative estimate of drug-likeness (QED) is 0.756. The number of hydrogen-bond donors (Lipinski definition) is 1. The molecular weight excluding hydrogens is 172 g/mol. The van der Waals surface area contributed by atoms with Crippen LogP contribution in [0.4, 0.5) is 0 Å². The molecule has 0 saturated heterocycles. The van der Waals surface area contributed by atoms with Crippen LogP contribution in [0.2, 0.25) is 0 Å². The molecular formula is C8H10N2OS. The smallest absolute Gasteiger partial charge is 0.105 e. The average molecular weight is 182 g/mol. The highest BCUT2D eigenvalue weighted by Gasteiger charge is 2.17. The number of hydrogen-bond acceptors (Lipinski definition) is 4. The Morgan fingerprint density at radius 1 is 1.75 bits per heavy atom. The highest BCUT2D eigenvalue weighted by Crippen LogP contribution is 2.24. The second-order valence-corrected chi connectivity index (χ2v) is 3.57. The first-order valence-corrected chi connectivity index (χ1v) is 4.43. The summed E-state index contributed by atoms with van der Waals surface area (Å²) in [5.74, 6) is -0.371. The molecule has 0 aliphatic rings. The molecule has 0 radical (unpaired) electrons. The van der Waals surface area contributed by atoms with Crippen LogP contribution in [0.1, 0.15) is 23.6 Å². The van der Waals surface area contributed by atoms with Crippen LogP contribution in [0.15, 0.2) is 6.07 Å². The van der Waals surface area contributed by atoms with E-state index in [-0.39, 0.29) is 5.92 Å². The molecule has 1 N–H and O–H groups in total. The van der Waals surface area contributed by atoms with Crippen molar-refractivity contribution in [3.8, 4) is 6.07 Å². The molecule has 1 aromatic rings. The Kier molecular flexibility index (Phi) is 2.79. The van der Waals surface area contributed by atoms with E-state index < -0.39 is 6.10 Å². The van der Waals surface area contributed by atoms with Gasteiger partial charge in [-0.25, -0.2) is 0 Å². The lowest BCUT2D eigenvalue weighted by molar-refractivity contribution is 0.146. The first-order chi connectivity index (χ1) is 5.65. The number of aliphatic hydroxyl groups excluding tert-OH is 1. The minimum absolute atomic E-state index is 0.371. The van der Waals surface area contributed by atoms with Crippen molar-refractivity contribution in [1.82, 2.24) is 4.37 Å². The third-order valence-electron chi connectivity index (χ3n) is 1.61. The van der Waals surface area contributed by atoms with Crippen LogP contribution in [0.3, 0.4) is 0 Å². The molecule has 4 heteroatoms. The first kappa shape index (κ1) is 9.17. The summed E-state index contributed by atoms with van der Waals surface area (Å²) in [6, 6.07) is 3.81. The van der Waals surface area contributed by atoms with E-state index in [4.69, 9.17) is 5.26 Å². The Morgan fingerprint density at radius 3 is 2.83 bits per heavy atom. The SMILES string of the molecule is Cc1cc(C(O)C(C)C#N)sn1. The normalized spacial score (nSPS) is 15.2. The van der Waals surface area contributed by atoms with Gasteiger partial charge < -0.3 is 5.11 Å². The predicted octanol–water partition coefficient (Wildman–Crippen LogP) is 1.64. The van der Waals surface area contributed by atoms with E-state index >= 15 is 0 Å². The zero-order valence-electron chi connectivity index (χ0n) is 6.98. The van der Waals surface area contributed by atoms with Crippen molar-refractivity contribution in [3.05, 3.63) is 16.6 Å². The summed E-state index contributed by atoms with van der Waals surface area (Å²) in [6.45, 7) is 3.56. The highest BCUT2D eigenvalue weighted by molar-refractivity contribution is 7.05. The monoisotopic (exact) mass is 182 g/mol. The largest absolute Gasteiger partial charge is 0.386 e. The van der Waals surface area contributed by atoms with E-state index in [9.17, 15) is 5.11 Å². The molecule has 2 unspecified atom stereocenters. The molecule has 0 bridgehead atoms. The van der Waals surface area contributed by atoms with Gasteiger partial charge in [-0.05, 0) is 31.4 Å². The molecule has 2 atom stereocenters. The van der Waals surface area contributed by atoms with Gasteiger partial charge in [0.2, 0.25) is 0 Å². The lowest BCUT2D eigenvalue weighted by Crippen LogP contribution is -2.04. The Hall–Kier alpha value is -0.920. The summed E-state index contributed by atoms with van der Waals surface area (Å²) < 4.78 is 4.03. The van der Waals surface area contributed by atoms with Crippen molar-refractivity contribution in [2.45, 2.75) is 20.0 Å². The molecule has 1 rings (SSSR count). The molecule has 0 spiro atoms. The van der Waals surface area contributed by atoms with Crippen LogP contribution < -0.4 is 0 Å². The number of nitriles is 1. The van der Waals surface area contributed by atoms with Gasteiger partial charge >= 0.3 is 0 Å². The lowest BCUT2D eigenvalue weighted by atomic mass is 10.1. The Balaban J connectivity index is 2.79. The standard InChI is InChI=1S/C8H10N2OS/c1-5(4-9)8(11)7-3-6(2)10-12-7/h3,5,8,11H,1-2H3. The maximum atomic E-state index is 9.55. The van der Waals surface area contributed by atoms with Crippen LogP contribution in [-0.2, 0) is 0 Å². The van der Waals surface area contributed by atoms with Crippen molar-refractivity contribution in [2.75, 3.05) is 0 Å². The summed E-state index contributed by atoms with van der Waals surface area (Å²) in [7, 11) is 0. The minimum atomic E-state index is -0.693. The fraction of sp³-hybridized carbons (Fsp3) is 0.500.